The number of ether oxygens (including phenoxy) is 2. The van der Waals surface area contributed by atoms with Crippen LogP contribution in [0.1, 0.15) is 17.0 Å². The Balaban J connectivity index is 1.63. The number of para-hydroxylation sites is 1. The third-order valence-corrected chi connectivity index (χ3v) is 6.32. The molecule has 0 radical (unpaired) electrons. The number of carbonyl (C=O) groups is 2. The summed E-state index contributed by atoms with van der Waals surface area (Å²) in [5.41, 5.74) is 3.07. The van der Waals surface area contributed by atoms with Gasteiger partial charge in [0.25, 0.3) is 5.91 Å². The lowest BCUT2D eigenvalue weighted by atomic mass is 10.1. The van der Waals surface area contributed by atoms with Crippen molar-refractivity contribution in [2.24, 2.45) is 0 Å². The highest BCUT2D eigenvalue weighted by atomic mass is 32.2. The number of benzene rings is 2. The van der Waals surface area contributed by atoms with Gasteiger partial charge in [-0.15, -0.1) is 0 Å². The van der Waals surface area contributed by atoms with E-state index in [0.717, 1.165) is 26.7 Å². The number of nitrogens with one attached hydrogen (secondary N) is 1. The zero-order valence-electron chi connectivity index (χ0n) is 19.9. The third-order valence-electron chi connectivity index (χ3n) is 5.24. The number of aryl methyl sites for hydroxylation is 1. The molecule has 0 saturated carbocycles. The van der Waals surface area contributed by atoms with E-state index in [1.807, 2.05) is 79.1 Å². The molecule has 0 saturated heterocycles. The molecule has 0 fully saturated rings. The van der Waals surface area contributed by atoms with Gasteiger partial charge in [0.15, 0.2) is 6.61 Å². The van der Waals surface area contributed by atoms with Crippen molar-refractivity contribution in [3.05, 3.63) is 83.2 Å². The van der Waals surface area contributed by atoms with Crippen LogP contribution in [0.3, 0.4) is 0 Å². The summed E-state index contributed by atoms with van der Waals surface area (Å²) in [6, 6.07) is 20.9. The number of aromatic nitrogens is 1. The SMILES string of the molecule is COCCn1c(C)cc(/C=C(\C#N)C(=O)OCC(=O)Nc2ccccc2Sc2ccccc2)c1C. The van der Waals surface area contributed by atoms with Crippen LogP contribution in [0.2, 0.25) is 0 Å². The number of nitrogens with zero attached hydrogens (tertiary/aromatic N) is 2. The molecular weight excluding hydrogens is 462 g/mol. The maximum Gasteiger partial charge on any atom is 0.349 e. The topological polar surface area (TPSA) is 93.3 Å². The standard InChI is InChI=1S/C27H27N3O4S/c1-19-15-21(20(2)30(19)13-14-33-3)16-22(17-28)27(32)34-18-26(31)29-24-11-7-8-12-25(24)35-23-9-5-4-6-10-23/h4-12,15-16H,13-14,18H2,1-3H3,(H,29,31)/b22-16+. The summed E-state index contributed by atoms with van der Waals surface area (Å²) in [5, 5.41) is 12.3. The van der Waals surface area contributed by atoms with Crippen LogP contribution in [0.5, 0.6) is 0 Å². The van der Waals surface area contributed by atoms with Gasteiger partial charge in [0, 0.05) is 34.8 Å². The number of nitriles is 1. The first kappa shape index (κ1) is 25.8. The lowest BCUT2D eigenvalue weighted by molar-refractivity contribution is -0.142. The van der Waals surface area contributed by atoms with Crippen molar-refractivity contribution < 1.29 is 19.1 Å². The van der Waals surface area contributed by atoms with Crippen LogP contribution < -0.4 is 5.32 Å². The number of rotatable bonds is 10. The highest BCUT2D eigenvalue weighted by Gasteiger charge is 2.16. The Labute approximate surface area is 209 Å². The van der Waals surface area contributed by atoms with E-state index in [2.05, 4.69) is 5.32 Å². The minimum Gasteiger partial charge on any atom is -0.451 e. The number of esters is 1. The molecule has 0 aliphatic carbocycles. The van der Waals surface area contributed by atoms with Gasteiger partial charge in [-0.1, -0.05) is 42.1 Å². The second-order valence-corrected chi connectivity index (χ2v) is 8.79. The van der Waals surface area contributed by atoms with Crippen LogP contribution in [0.25, 0.3) is 6.08 Å². The van der Waals surface area contributed by atoms with Gasteiger partial charge in [0.2, 0.25) is 0 Å². The van der Waals surface area contributed by atoms with E-state index in [1.54, 1.807) is 13.2 Å². The van der Waals surface area contributed by atoms with Gasteiger partial charge >= 0.3 is 5.97 Å². The number of anilines is 1. The Morgan fingerprint density at radius 3 is 2.54 bits per heavy atom. The zero-order chi connectivity index (χ0) is 25.2. The smallest absolute Gasteiger partial charge is 0.349 e. The molecule has 8 heteroatoms. The molecule has 7 nitrogen and oxygen atoms in total. The van der Waals surface area contributed by atoms with E-state index in [4.69, 9.17) is 9.47 Å². The van der Waals surface area contributed by atoms with Gasteiger partial charge in [-0.3, -0.25) is 4.79 Å². The minimum absolute atomic E-state index is 0.176. The first-order valence-corrected chi connectivity index (χ1v) is 11.8. The van der Waals surface area contributed by atoms with Crippen molar-refractivity contribution >= 4 is 35.4 Å². The Kier molecular flexibility index (Phi) is 9.30. The lowest BCUT2D eigenvalue weighted by Gasteiger charge is -2.11. The third kappa shape index (κ3) is 7.09. The van der Waals surface area contributed by atoms with Crippen LogP contribution in [0.15, 0.2) is 76.0 Å². The summed E-state index contributed by atoms with van der Waals surface area (Å²) in [5.74, 6) is -1.34. The van der Waals surface area contributed by atoms with Crippen molar-refractivity contribution in [3.8, 4) is 6.07 Å². The largest absolute Gasteiger partial charge is 0.451 e. The van der Waals surface area contributed by atoms with Crippen LogP contribution in [0, 0.1) is 25.2 Å². The van der Waals surface area contributed by atoms with E-state index in [1.165, 1.54) is 17.8 Å². The predicted molar refractivity (Wildman–Crippen MR) is 136 cm³/mol. The van der Waals surface area contributed by atoms with Crippen molar-refractivity contribution in [1.82, 2.24) is 4.57 Å². The second kappa shape index (κ2) is 12.6. The fourth-order valence-corrected chi connectivity index (χ4v) is 4.39. The molecule has 1 N–H and O–H groups in total. The summed E-state index contributed by atoms with van der Waals surface area (Å²) in [4.78, 5) is 26.9. The van der Waals surface area contributed by atoms with Crippen molar-refractivity contribution in [1.29, 1.82) is 5.26 Å². The highest BCUT2D eigenvalue weighted by molar-refractivity contribution is 7.99. The first-order chi connectivity index (χ1) is 16.9. The van der Waals surface area contributed by atoms with E-state index >= 15 is 0 Å². The van der Waals surface area contributed by atoms with Crippen LogP contribution >= 0.6 is 11.8 Å². The summed E-state index contributed by atoms with van der Waals surface area (Å²) in [7, 11) is 1.63. The first-order valence-electron chi connectivity index (χ1n) is 11.0. The number of amides is 1. The molecule has 0 unspecified atom stereocenters. The predicted octanol–water partition coefficient (Wildman–Crippen LogP) is 4.99. The van der Waals surface area contributed by atoms with E-state index in [-0.39, 0.29) is 5.57 Å². The monoisotopic (exact) mass is 489 g/mol. The van der Waals surface area contributed by atoms with Gasteiger partial charge in [-0.25, -0.2) is 4.79 Å². The molecule has 3 rings (SSSR count). The molecule has 1 heterocycles. The van der Waals surface area contributed by atoms with Gasteiger partial charge < -0.3 is 19.4 Å². The van der Waals surface area contributed by atoms with E-state index < -0.39 is 18.5 Å². The molecule has 2 aromatic carbocycles. The molecule has 1 amide bonds. The van der Waals surface area contributed by atoms with Gasteiger partial charge in [-0.2, -0.15) is 5.26 Å². The quantitative estimate of drug-likeness (QED) is 0.245. The fourth-order valence-electron chi connectivity index (χ4n) is 3.46. The second-order valence-electron chi connectivity index (χ2n) is 7.68. The van der Waals surface area contributed by atoms with E-state index in [0.29, 0.717) is 18.8 Å². The Bertz CT molecular complexity index is 1260. The molecule has 180 valence electrons. The lowest BCUT2D eigenvalue weighted by Crippen LogP contribution is -2.21. The molecule has 0 atom stereocenters. The van der Waals surface area contributed by atoms with Crippen LogP contribution in [0.4, 0.5) is 5.69 Å². The molecule has 0 bridgehead atoms. The molecule has 0 aliphatic rings. The fraction of sp³-hybridized carbons (Fsp3) is 0.222. The van der Waals surface area contributed by atoms with Crippen LogP contribution in [-0.2, 0) is 25.6 Å². The number of methoxy groups -OCH3 is 1. The van der Waals surface area contributed by atoms with Crippen molar-refractivity contribution in [2.45, 2.75) is 30.2 Å². The Morgan fingerprint density at radius 1 is 1.11 bits per heavy atom. The summed E-state index contributed by atoms with van der Waals surface area (Å²) in [6.45, 7) is 4.57. The van der Waals surface area contributed by atoms with Crippen molar-refractivity contribution in [2.75, 3.05) is 25.6 Å². The average molecular weight is 490 g/mol. The van der Waals surface area contributed by atoms with Gasteiger partial charge in [-0.05, 0) is 55.8 Å². The number of hydrogen-bond acceptors (Lipinski definition) is 6. The molecule has 0 spiro atoms. The van der Waals surface area contributed by atoms with Gasteiger partial charge in [0.1, 0.15) is 11.6 Å². The number of hydrogen-bond donors (Lipinski definition) is 1. The molecular formula is C27H27N3O4S. The summed E-state index contributed by atoms with van der Waals surface area (Å²) >= 11 is 1.52. The summed E-state index contributed by atoms with van der Waals surface area (Å²) < 4.78 is 12.3. The minimum atomic E-state index is -0.851. The Morgan fingerprint density at radius 2 is 1.83 bits per heavy atom. The Hall–Kier alpha value is -3.80. The average Bonchev–Trinajstić information content (AvgIpc) is 3.13. The van der Waals surface area contributed by atoms with Crippen molar-refractivity contribution in [3.63, 3.8) is 0 Å². The molecule has 3 aromatic rings. The van der Waals surface area contributed by atoms with E-state index in [9.17, 15) is 14.9 Å². The maximum atomic E-state index is 12.5. The number of carbonyl (C=O) groups excluding carboxylic acids is 2. The highest BCUT2D eigenvalue weighted by Crippen LogP contribution is 2.33. The molecule has 0 aliphatic heterocycles. The molecule has 1 aromatic heterocycles. The summed E-state index contributed by atoms with van der Waals surface area (Å²) in [6.07, 6.45) is 1.48. The van der Waals surface area contributed by atoms with Gasteiger partial charge in [0.05, 0.1) is 12.3 Å². The van der Waals surface area contributed by atoms with Crippen LogP contribution in [-0.4, -0.2) is 36.8 Å². The maximum absolute atomic E-state index is 12.5. The zero-order valence-corrected chi connectivity index (χ0v) is 20.7. The molecule has 35 heavy (non-hydrogen) atoms. The normalized spacial score (nSPS) is 11.1.